The second-order valence-electron chi connectivity index (χ2n) is 4.67. The summed E-state index contributed by atoms with van der Waals surface area (Å²) in [5, 5.41) is 13.9. The van der Waals surface area contributed by atoms with Crippen LogP contribution in [0.3, 0.4) is 0 Å². The summed E-state index contributed by atoms with van der Waals surface area (Å²) in [6, 6.07) is 9.63. The molecular formula is C15H17N3O3. The fourth-order valence-electron chi connectivity index (χ4n) is 2.05. The molecular weight excluding hydrogens is 270 g/mol. The molecule has 0 aliphatic heterocycles. The van der Waals surface area contributed by atoms with Crippen LogP contribution in [0, 0.1) is 17.0 Å². The van der Waals surface area contributed by atoms with Gasteiger partial charge in [0.1, 0.15) is 12.0 Å². The topological polar surface area (TPSA) is 77.3 Å². The first-order valence-corrected chi connectivity index (χ1v) is 6.52. The van der Waals surface area contributed by atoms with E-state index in [1.807, 2.05) is 24.3 Å². The molecule has 1 heterocycles. The van der Waals surface area contributed by atoms with E-state index in [-0.39, 0.29) is 5.69 Å². The summed E-state index contributed by atoms with van der Waals surface area (Å²) in [4.78, 5) is 14.4. The summed E-state index contributed by atoms with van der Waals surface area (Å²) in [5.41, 5.74) is 2.83. The Kier molecular flexibility index (Phi) is 4.84. The molecule has 1 N–H and O–H groups in total. The first-order chi connectivity index (χ1) is 10.1. The summed E-state index contributed by atoms with van der Waals surface area (Å²) in [6.07, 6.45) is 1.28. The number of methoxy groups -OCH3 is 1. The molecule has 0 bridgehead atoms. The highest BCUT2D eigenvalue weighted by molar-refractivity contribution is 5.47. The van der Waals surface area contributed by atoms with Gasteiger partial charge in [0.25, 0.3) is 5.69 Å². The Bertz CT molecular complexity index is 644. The van der Waals surface area contributed by atoms with Gasteiger partial charge in [0, 0.05) is 19.2 Å². The number of nitrogens with one attached hydrogen (secondary N) is 1. The fraction of sp³-hybridized carbons (Fsp3) is 0.267. The molecule has 0 radical (unpaired) electrons. The van der Waals surface area contributed by atoms with E-state index in [0.717, 1.165) is 11.1 Å². The Morgan fingerprint density at radius 3 is 2.67 bits per heavy atom. The lowest BCUT2D eigenvalue weighted by Gasteiger charge is -2.10. The van der Waals surface area contributed by atoms with Crippen LogP contribution in [0.5, 0.6) is 0 Å². The molecule has 2 rings (SSSR count). The lowest BCUT2D eigenvalue weighted by Crippen LogP contribution is -2.05. The van der Waals surface area contributed by atoms with Gasteiger partial charge in [-0.15, -0.1) is 0 Å². The molecule has 2 aromatic rings. The van der Waals surface area contributed by atoms with Crippen molar-refractivity contribution in [1.29, 1.82) is 0 Å². The Morgan fingerprint density at radius 2 is 2.05 bits per heavy atom. The number of aromatic nitrogens is 1. The fourth-order valence-corrected chi connectivity index (χ4v) is 2.05. The Labute approximate surface area is 122 Å². The van der Waals surface area contributed by atoms with Crippen LogP contribution >= 0.6 is 0 Å². The molecule has 0 amide bonds. The molecule has 21 heavy (non-hydrogen) atoms. The van der Waals surface area contributed by atoms with E-state index in [1.165, 1.54) is 6.20 Å². The molecule has 0 unspecified atom stereocenters. The summed E-state index contributed by atoms with van der Waals surface area (Å²) in [7, 11) is 1.66. The molecule has 0 aliphatic carbocycles. The van der Waals surface area contributed by atoms with Crippen molar-refractivity contribution in [1.82, 2.24) is 4.98 Å². The largest absolute Gasteiger partial charge is 0.380 e. The van der Waals surface area contributed by atoms with Crippen LogP contribution < -0.4 is 5.32 Å². The van der Waals surface area contributed by atoms with E-state index in [0.29, 0.717) is 24.5 Å². The molecule has 0 spiro atoms. The van der Waals surface area contributed by atoms with Crippen LogP contribution in [0.1, 0.15) is 16.7 Å². The quantitative estimate of drug-likeness (QED) is 0.652. The van der Waals surface area contributed by atoms with Crippen molar-refractivity contribution in [3.8, 4) is 0 Å². The number of rotatable bonds is 6. The molecule has 0 saturated carbocycles. The zero-order chi connectivity index (χ0) is 15.2. The third kappa shape index (κ3) is 3.76. The van der Waals surface area contributed by atoms with Gasteiger partial charge in [0.15, 0.2) is 0 Å². The Morgan fingerprint density at radius 1 is 1.33 bits per heavy atom. The van der Waals surface area contributed by atoms with Crippen molar-refractivity contribution in [2.45, 2.75) is 20.1 Å². The molecule has 6 nitrogen and oxygen atoms in total. The van der Waals surface area contributed by atoms with Crippen molar-refractivity contribution in [3.05, 3.63) is 63.3 Å². The van der Waals surface area contributed by atoms with Crippen LogP contribution in [-0.2, 0) is 17.9 Å². The number of nitrogens with zero attached hydrogens (tertiary/aromatic N) is 2. The maximum atomic E-state index is 10.8. The van der Waals surface area contributed by atoms with Crippen molar-refractivity contribution in [3.63, 3.8) is 0 Å². The van der Waals surface area contributed by atoms with Crippen molar-refractivity contribution < 1.29 is 9.66 Å². The summed E-state index contributed by atoms with van der Waals surface area (Å²) in [5.74, 6) is 0.616. The first-order valence-electron chi connectivity index (χ1n) is 6.52. The minimum Gasteiger partial charge on any atom is -0.380 e. The van der Waals surface area contributed by atoms with E-state index in [4.69, 9.17) is 4.74 Å². The van der Waals surface area contributed by atoms with Crippen LogP contribution in [0.25, 0.3) is 0 Å². The number of ether oxygens (including phenoxy) is 1. The number of pyridine rings is 1. The van der Waals surface area contributed by atoms with Crippen molar-refractivity contribution in [2.24, 2.45) is 0 Å². The van der Waals surface area contributed by atoms with Gasteiger partial charge in [-0.25, -0.2) is 4.98 Å². The van der Waals surface area contributed by atoms with E-state index in [2.05, 4.69) is 10.3 Å². The van der Waals surface area contributed by atoms with Gasteiger partial charge in [0.2, 0.25) is 0 Å². The van der Waals surface area contributed by atoms with Gasteiger partial charge < -0.3 is 10.1 Å². The van der Waals surface area contributed by atoms with Gasteiger partial charge in [-0.3, -0.25) is 10.1 Å². The number of anilines is 1. The zero-order valence-corrected chi connectivity index (χ0v) is 12.0. The molecule has 0 fully saturated rings. The molecule has 0 saturated heterocycles. The molecule has 1 aromatic carbocycles. The third-order valence-electron chi connectivity index (χ3n) is 3.16. The Balaban J connectivity index is 2.10. The predicted molar refractivity (Wildman–Crippen MR) is 80.1 cm³/mol. The molecule has 0 aliphatic rings. The highest BCUT2D eigenvalue weighted by atomic mass is 16.6. The standard InChI is InChI=1S/C15H17N3O3/c1-11-7-15(17-9-14(11)18(19)20)16-8-12-5-3-4-6-13(12)10-21-2/h3-7,9H,8,10H2,1-2H3,(H,16,17). The Hall–Kier alpha value is -2.47. The smallest absolute Gasteiger partial charge is 0.290 e. The first kappa shape index (κ1) is 14.9. The number of hydrogen-bond donors (Lipinski definition) is 1. The molecule has 1 aromatic heterocycles. The summed E-state index contributed by atoms with van der Waals surface area (Å²) < 4.78 is 5.16. The molecule has 6 heteroatoms. The normalized spacial score (nSPS) is 10.4. The van der Waals surface area contributed by atoms with Crippen LogP contribution in [0.4, 0.5) is 11.5 Å². The maximum Gasteiger partial charge on any atom is 0.290 e. The van der Waals surface area contributed by atoms with Gasteiger partial charge in [0.05, 0.1) is 11.5 Å². The second-order valence-corrected chi connectivity index (χ2v) is 4.67. The van der Waals surface area contributed by atoms with E-state index < -0.39 is 4.92 Å². The SMILES string of the molecule is COCc1ccccc1CNc1cc(C)c([N+](=O)[O-])cn1. The van der Waals surface area contributed by atoms with E-state index in [1.54, 1.807) is 20.1 Å². The highest BCUT2D eigenvalue weighted by Gasteiger charge is 2.11. The lowest BCUT2D eigenvalue weighted by molar-refractivity contribution is -0.385. The van der Waals surface area contributed by atoms with Gasteiger partial charge in [-0.05, 0) is 24.1 Å². The van der Waals surface area contributed by atoms with Gasteiger partial charge in [-0.1, -0.05) is 24.3 Å². The third-order valence-corrected chi connectivity index (χ3v) is 3.16. The molecule has 0 atom stereocenters. The molecule has 110 valence electrons. The highest BCUT2D eigenvalue weighted by Crippen LogP contribution is 2.19. The number of aryl methyl sites for hydroxylation is 1. The number of hydrogen-bond acceptors (Lipinski definition) is 5. The summed E-state index contributed by atoms with van der Waals surface area (Å²) >= 11 is 0. The minimum absolute atomic E-state index is 0.0281. The van der Waals surface area contributed by atoms with Gasteiger partial charge >= 0.3 is 0 Å². The van der Waals surface area contributed by atoms with Crippen molar-refractivity contribution >= 4 is 11.5 Å². The summed E-state index contributed by atoms with van der Waals surface area (Å²) in [6.45, 7) is 2.83. The monoisotopic (exact) mass is 287 g/mol. The van der Waals surface area contributed by atoms with Crippen LogP contribution in [0.15, 0.2) is 36.5 Å². The van der Waals surface area contributed by atoms with Crippen LogP contribution in [-0.4, -0.2) is 17.0 Å². The van der Waals surface area contributed by atoms with E-state index >= 15 is 0 Å². The van der Waals surface area contributed by atoms with E-state index in [9.17, 15) is 10.1 Å². The predicted octanol–water partition coefficient (Wildman–Crippen LogP) is 3.06. The minimum atomic E-state index is -0.431. The number of nitro groups is 1. The van der Waals surface area contributed by atoms with Gasteiger partial charge in [-0.2, -0.15) is 0 Å². The second kappa shape index (κ2) is 6.81. The average molecular weight is 287 g/mol. The van der Waals surface area contributed by atoms with Crippen LogP contribution in [0.2, 0.25) is 0 Å². The zero-order valence-electron chi connectivity index (χ0n) is 12.0. The lowest BCUT2D eigenvalue weighted by atomic mass is 10.1. The average Bonchev–Trinajstić information content (AvgIpc) is 2.46. The van der Waals surface area contributed by atoms with Crippen molar-refractivity contribution in [2.75, 3.05) is 12.4 Å². The number of benzene rings is 1. The maximum absolute atomic E-state index is 10.8.